The minimum absolute atomic E-state index is 0.203. The lowest BCUT2D eigenvalue weighted by Gasteiger charge is -2.11. The van der Waals surface area contributed by atoms with Crippen molar-refractivity contribution in [2.45, 2.75) is 27.3 Å². The van der Waals surface area contributed by atoms with Crippen molar-refractivity contribution in [1.29, 1.82) is 0 Å². The third-order valence-corrected chi connectivity index (χ3v) is 3.68. The zero-order chi connectivity index (χ0) is 17.3. The van der Waals surface area contributed by atoms with Crippen LogP contribution in [0.2, 0.25) is 5.15 Å². The fourth-order valence-electron chi connectivity index (χ4n) is 2.26. The van der Waals surface area contributed by atoms with Crippen LogP contribution in [0.25, 0.3) is 5.78 Å². The van der Waals surface area contributed by atoms with Crippen molar-refractivity contribution in [3.05, 3.63) is 51.2 Å². The highest BCUT2D eigenvalue weighted by atomic mass is 35.5. The summed E-state index contributed by atoms with van der Waals surface area (Å²) in [6, 6.07) is 5.34. The van der Waals surface area contributed by atoms with Crippen molar-refractivity contribution in [2.24, 2.45) is 5.92 Å². The Balaban J connectivity index is 2.02. The molecule has 126 valence electrons. The van der Waals surface area contributed by atoms with Crippen LogP contribution in [0.4, 0.5) is 0 Å². The number of hydrogen-bond acceptors (Lipinski definition) is 5. The molecule has 3 heterocycles. The molecule has 0 aromatic carbocycles. The maximum atomic E-state index is 12.2. The van der Waals surface area contributed by atoms with Crippen LogP contribution < -0.4 is 10.3 Å². The third kappa shape index (κ3) is 3.41. The van der Waals surface area contributed by atoms with Crippen LogP contribution in [0.3, 0.4) is 0 Å². The Morgan fingerprint density at radius 1 is 1.33 bits per heavy atom. The predicted molar refractivity (Wildman–Crippen MR) is 90.7 cm³/mol. The van der Waals surface area contributed by atoms with Gasteiger partial charge in [0.2, 0.25) is 5.78 Å². The number of halogens is 1. The highest BCUT2D eigenvalue weighted by molar-refractivity contribution is 6.29. The van der Waals surface area contributed by atoms with Crippen LogP contribution in [0.15, 0.2) is 29.2 Å². The monoisotopic (exact) mass is 347 g/mol. The first kappa shape index (κ1) is 16.4. The molecule has 0 fully saturated rings. The maximum Gasteiger partial charge on any atom is 0.337 e. The van der Waals surface area contributed by atoms with E-state index in [-0.39, 0.29) is 11.6 Å². The van der Waals surface area contributed by atoms with Crippen LogP contribution in [0, 0.1) is 12.8 Å². The zero-order valence-corrected chi connectivity index (χ0v) is 14.5. The summed E-state index contributed by atoms with van der Waals surface area (Å²) in [6.07, 6.45) is 1.70. The summed E-state index contributed by atoms with van der Waals surface area (Å²) in [5.41, 5.74) is 1.49. The van der Waals surface area contributed by atoms with E-state index in [0.717, 1.165) is 11.3 Å². The largest absolute Gasteiger partial charge is 0.462 e. The number of ether oxygens (including phenoxy) is 1. The summed E-state index contributed by atoms with van der Waals surface area (Å²) in [4.78, 5) is 20.6. The third-order valence-electron chi connectivity index (χ3n) is 3.45. The molecule has 0 aliphatic rings. The van der Waals surface area contributed by atoms with Crippen molar-refractivity contribution in [2.75, 3.05) is 6.61 Å². The van der Waals surface area contributed by atoms with Crippen molar-refractivity contribution >= 4 is 17.4 Å². The Labute approximate surface area is 143 Å². The fourth-order valence-corrected chi connectivity index (χ4v) is 2.38. The van der Waals surface area contributed by atoms with E-state index >= 15 is 0 Å². The fraction of sp³-hybridized carbons (Fsp3) is 0.375. The molecule has 0 amide bonds. The SMILES string of the molecule is Cc1cc(=O)n2nc(OCC(C)C)nc2n1Cc1ccc(Cl)nc1. The molecule has 3 aromatic rings. The van der Waals surface area contributed by atoms with Gasteiger partial charge in [-0.2, -0.15) is 9.50 Å². The zero-order valence-electron chi connectivity index (χ0n) is 13.7. The van der Waals surface area contributed by atoms with E-state index < -0.39 is 0 Å². The van der Waals surface area contributed by atoms with Crippen LogP contribution >= 0.6 is 11.6 Å². The van der Waals surface area contributed by atoms with Gasteiger partial charge < -0.3 is 9.30 Å². The molecule has 0 aliphatic carbocycles. The van der Waals surface area contributed by atoms with Gasteiger partial charge >= 0.3 is 6.01 Å². The maximum absolute atomic E-state index is 12.2. The Kier molecular flexibility index (Phi) is 4.53. The summed E-state index contributed by atoms with van der Waals surface area (Å²) in [7, 11) is 0. The van der Waals surface area contributed by atoms with Gasteiger partial charge in [0.15, 0.2) is 0 Å². The lowest BCUT2D eigenvalue weighted by atomic mass is 10.2. The van der Waals surface area contributed by atoms with Crippen molar-refractivity contribution in [3.63, 3.8) is 0 Å². The van der Waals surface area contributed by atoms with E-state index in [1.54, 1.807) is 12.3 Å². The van der Waals surface area contributed by atoms with Gasteiger partial charge in [-0.25, -0.2) is 4.98 Å². The molecule has 0 N–H and O–H groups in total. The molecule has 0 aliphatic heterocycles. The minimum Gasteiger partial charge on any atom is -0.462 e. The molecule has 0 unspecified atom stereocenters. The summed E-state index contributed by atoms with van der Waals surface area (Å²) in [6.45, 7) is 6.92. The van der Waals surface area contributed by atoms with Gasteiger partial charge in [0, 0.05) is 18.0 Å². The Morgan fingerprint density at radius 2 is 2.12 bits per heavy atom. The number of pyridine rings is 1. The molecule has 0 atom stereocenters. The van der Waals surface area contributed by atoms with E-state index in [4.69, 9.17) is 16.3 Å². The molecule has 0 bridgehead atoms. The second kappa shape index (κ2) is 6.60. The van der Waals surface area contributed by atoms with Crippen LogP contribution in [-0.4, -0.2) is 30.8 Å². The second-order valence-corrected chi connectivity index (χ2v) is 6.40. The van der Waals surface area contributed by atoms with Crippen molar-refractivity contribution < 1.29 is 4.74 Å². The number of nitrogens with zero attached hydrogens (tertiary/aromatic N) is 5. The molecule has 0 saturated heterocycles. The van der Waals surface area contributed by atoms with Gasteiger partial charge in [-0.05, 0) is 24.5 Å². The lowest BCUT2D eigenvalue weighted by Crippen LogP contribution is -2.20. The average Bonchev–Trinajstić information content (AvgIpc) is 2.96. The van der Waals surface area contributed by atoms with Crippen molar-refractivity contribution in [3.8, 4) is 6.01 Å². The quantitative estimate of drug-likeness (QED) is 0.662. The number of fused-ring (bicyclic) bond motifs is 1. The van der Waals surface area contributed by atoms with Gasteiger partial charge in [-0.1, -0.05) is 31.5 Å². The van der Waals surface area contributed by atoms with Gasteiger partial charge in [-0.3, -0.25) is 4.79 Å². The molecule has 3 rings (SSSR count). The second-order valence-electron chi connectivity index (χ2n) is 6.01. The van der Waals surface area contributed by atoms with Gasteiger partial charge in [0.05, 0.1) is 13.2 Å². The molecular formula is C16H18ClN5O2. The first-order chi connectivity index (χ1) is 11.4. The normalized spacial score (nSPS) is 11.4. The van der Waals surface area contributed by atoms with Gasteiger partial charge in [0.25, 0.3) is 5.56 Å². The average molecular weight is 348 g/mol. The van der Waals surface area contributed by atoms with Crippen LogP contribution in [0.1, 0.15) is 25.1 Å². The summed E-state index contributed by atoms with van der Waals surface area (Å²) < 4.78 is 8.69. The molecule has 3 aromatic heterocycles. The number of aromatic nitrogens is 5. The Morgan fingerprint density at radius 3 is 2.79 bits per heavy atom. The predicted octanol–water partition coefficient (Wildman–Crippen LogP) is 2.33. The first-order valence-electron chi connectivity index (χ1n) is 7.64. The summed E-state index contributed by atoms with van der Waals surface area (Å²) in [5, 5.41) is 4.59. The van der Waals surface area contributed by atoms with Gasteiger partial charge in [0.1, 0.15) is 5.15 Å². The lowest BCUT2D eigenvalue weighted by molar-refractivity contribution is 0.251. The number of rotatable bonds is 5. The van der Waals surface area contributed by atoms with Gasteiger partial charge in [-0.15, -0.1) is 5.10 Å². The van der Waals surface area contributed by atoms with Crippen LogP contribution in [-0.2, 0) is 6.54 Å². The standard InChI is InChI=1S/C16H18ClN5O2/c1-10(2)9-24-15-19-16-21(8-12-4-5-13(17)18-7-12)11(3)6-14(23)22(16)20-15/h4-7,10H,8-9H2,1-3H3. The molecule has 7 nitrogen and oxygen atoms in total. The smallest absolute Gasteiger partial charge is 0.337 e. The molecule has 0 spiro atoms. The highest BCUT2D eigenvalue weighted by Gasteiger charge is 2.14. The molecular weight excluding hydrogens is 330 g/mol. The van der Waals surface area contributed by atoms with Crippen molar-refractivity contribution in [1.82, 2.24) is 24.1 Å². The van der Waals surface area contributed by atoms with E-state index in [9.17, 15) is 4.79 Å². The van der Waals surface area contributed by atoms with E-state index in [2.05, 4.69) is 15.1 Å². The Hall–Kier alpha value is -2.41. The minimum atomic E-state index is -0.236. The summed E-state index contributed by atoms with van der Waals surface area (Å²) in [5.74, 6) is 0.783. The number of aryl methyl sites for hydroxylation is 1. The number of hydrogen-bond donors (Lipinski definition) is 0. The highest BCUT2D eigenvalue weighted by Crippen LogP contribution is 2.13. The first-order valence-corrected chi connectivity index (χ1v) is 8.02. The van der Waals surface area contributed by atoms with Crippen LogP contribution in [0.5, 0.6) is 6.01 Å². The molecule has 0 radical (unpaired) electrons. The van der Waals surface area contributed by atoms with E-state index in [1.807, 2.05) is 31.4 Å². The molecule has 8 heteroatoms. The van der Waals surface area contributed by atoms with E-state index in [1.165, 1.54) is 10.6 Å². The molecule has 24 heavy (non-hydrogen) atoms. The Bertz CT molecular complexity index is 915. The molecule has 0 saturated carbocycles. The summed E-state index contributed by atoms with van der Waals surface area (Å²) >= 11 is 5.82. The van der Waals surface area contributed by atoms with E-state index in [0.29, 0.717) is 30.0 Å². The topological polar surface area (TPSA) is 74.3 Å².